The number of fused-ring (bicyclic) bond motifs is 3. The average molecular weight is 398 g/mol. The number of esters is 1. The Labute approximate surface area is 164 Å². The summed E-state index contributed by atoms with van der Waals surface area (Å²) in [7, 11) is 1.30. The molecule has 0 radical (unpaired) electrons. The van der Waals surface area contributed by atoms with Crippen LogP contribution in [0.5, 0.6) is 0 Å². The third-order valence-electron chi connectivity index (χ3n) is 4.73. The highest BCUT2D eigenvalue weighted by Gasteiger charge is 2.21. The first-order valence-corrected chi connectivity index (χ1v) is 9.74. The van der Waals surface area contributed by atoms with E-state index in [4.69, 9.17) is 0 Å². The monoisotopic (exact) mass is 398 g/mol. The predicted molar refractivity (Wildman–Crippen MR) is 105 cm³/mol. The first-order chi connectivity index (χ1) is 13.6. The third kappa shape index (κ3) is 3.40. The topological polar surface area (TPSA) is 103 Å². The summed E-state index contributed by atoms with van der Waals surface area (Å²) >= 11 is 1.52. The highest BCUT2D eigenvalue weighted by molar-refractivity contribution is 7.18. The van der Waals surface area contributed by atoms with Gasteiger partial charge in [0.1, 0.15) is 6.54 Å². The van der Waals surface area contributed by atoms with E-state index in [1.807, 2.05) is 0 Å². The molecule has 28 heavy (non-hydrogen) atoms. The van der Waals surface area contributed by atoms with Gasteiger partial charge in [-0.2, -0.15) is 0 Å². The Morgan fingerprint density at radius 3 is 2.71 bits per heavy atom. The zero-order valence-corrected chi connectivity index (χ0v) is 16.0. The van der Waals surface area contributed by atoms with E-state index in [0.29, 0.717) is 21.5 Å². The van der Waals surface area contributed by atoms with E-state index >= 15 is 0 Å². The van der Waals surface area contributed by atoms with E-state index in [1.54, 1.807) is 24.3 Å². The van der Waals surface area contributed by atoms with Crippen molar-refractivity contribution in [1.82, 2.24) is 15.0 Å². The Kier molecular flexibility index (Phi) is 4.91. The van der Waals surface area contributed by atoms with Crippen molar-refractivity contribution in [3.8, 4) is 0 Å². The number of methoxy groups -OCH3 is 1. The fourth-order valence-corrected chi connectivity index (χ4v) is 4.55. The van der Waals surface area contributed by atoms with Crippen LogP contribution >= 0.6 is 11.3 Å². The van der Waals surface area contributed by atoms with Crippen LogP contribution in [0.15, 0.2) is 29.1 Å². The molecule has 4 rings (SSSR count). The molecule has 0 aliphatic heterocycles. The third-order valence-corrected chi connectivity index (χ3v) is 5.90. The summed E-state index contributed by atoms with van der Waals surface area (Å²) in [5.74, 6) is -0.849. The van der Waals surface area contributed by atoms with E-state index in [0.717, 1.165) is 35.9 Å². The molecule has 0 saturated heterocycles. The molecule has 0 atom stereocenters. The largest absolute Gasteiger partial charge is 0.465 e. The predicted octanol–water partition coefficient (Wildman–Crippen LogP) is 2.16. The second-order valence-electron chi connectivity index (χ2n) is 6.56. The number of nitrogens with zero attached hydrogens (tertiary/aromatic N) is 3. The number of aryl methyl sites for hydroxylation is 2. The number of ether oxygens (including phenoxy) is 1. The van der Waals surface area contributed by atoms with Gasteiger partial charge in [-0.05, 0) is 55.5 Å². The van der Waals surface area contributed by atoms with Gasteiger partial charge in [-0.15, -0.1) is 16.4 Å². The second-order valence-corrected chi connectivity index (χ2v) is 7.64. The Morgan fingerprint density at radius 2 is 1.96 bits per heavy atom. The molecule has 8 nitrogen and oxygen atoms in total. The summed E-state index contributed by atoms with van der Waals surface area (Å²) < 4.78 is 5.74. The summed E-state index contributed by atoms with van der Waals surface area (Å²) in [6.07, 6.45) is 4.02. The van der Waals surface area contributed by atoms with Crippen molar-refractivity contribution >= 4 is 39.1 Å². The van der Waals surface area contributed by atoms with Crippen molar-refractivity contribution in [3.63, 3.8) is 0 Å². The zero-order chi connectivity index (χ0) is 19.7. The van der Waals surface area contributed by atoms with Gasteiger partial charge < -0.3 is 10.1 Å². The number of thiophene rings is 1. The van der Waals surface area contributed by atoms with Gasteiger partial charge in [0.15, 0.2) is 4.83 Å². The smallest absolute Gasteiger partial charge is 0.337 e. The van der Waals surface area contributed by atoms with Gasteiger partial charge in [-0.3, -0.25) is 9.59 Å². The van der Waals surface area contributed by atoms with Crippen molar-refractivity contribution in [3.05, 3.63) is 50.6 Å². The number of anilines is 1. The quantitative estimate of drug-likeness (QED) is 0.676. The van der Waals surface area contributed by atoms with Crippen LogP contribution in [0.1, 0.15) is 33.6 Å². The zero-order valence-electron chi connectivity index (χ0n) is 15.2. The Bertz CT molecular complexity index is 1120. The van der Waals surface area contributed by atoms with E-state index in [-0.39, 0.29) is 12.1 Å². The number of aromatic nitrogens is 3. The second kappa shape index (κ2) is 7.51. The van der Waals surface area contributed by atoms with Crippen molar-refractivity contribution in [2.75, 3.05) is 12.4 Å². The molecule has 0 bridgehead atoms. The van der Waals surface area contributed by atoms with Crippen LogP contribution in [0.4, 0.5) is 5.69 Å². The highest BCUT2D eigenvalue weighted by atomic mass is 32.1. The number of nitrogens with one attached hydrogen (secondary N) is 1. The van der Waals surface area contributed by atoms with E-state index < -0.39 is 11.9 Å². The molecule has 1 N–H and O–H groups in total. The van der Waals surface area contributed by atoms with Crippen LogP contribution < -0.4 is 10.9 Å². The first-order valence-electron chi connectivity index (χ1n) is 8.93. The van der Waals surface area contributed by atoms with Gasteiger partial charge in [0.2, 0.25) is 5.91 Å². The summed E-state index contributed by atoms with van der Waals surface area (Å²) in [4.78, 5) is 38.5. The molecule has 1 aliphatic rings. The van der Waals surface area contributed by atoms with Crippen LogP contribution in [-0.4, -0.2) is 34.0 Å². The average Bonchev–Trinajstić information content (AvgIpc) is 3.09. The SMILES string of the molecule is COC(=O)c1ccc(NC(=O)Cn2nnc3sc4c(c3c2=O)CCCC4)cc1. The van der Waals surface area contributed by atoms with Crippen LogP contribution in [0.3, 0.4) is 0 Å². The lowest BCUT2D eigenvalue weighted by molar-refractivity contribution is -0.117. The lowest BCUT2D eigenvalue weighted by Gasteiger charge is -2.10. The van der Waals surface area contributed by atoms with Crippen LogP contribution in [-0.2, 0) is 28.9 Å². The summed E-state index contributed by atoms with van der Waals surface area (Å²) in [5, 5.41) is 11.4. The van der Waals surface area contributed by atoms with Gasteiger partial charge in [0, 0.05) is 10.6 Å². The molecule has 0 saturated carbocycles. The number of rotatable bonds is 4. The van der Waals surface area contributed by atoms with Crippen molar-refractivity contribution in [1.29, 1.82) is 0 Å². The van der Waals surface area contributed by atoms with E-state index in [1.165, 1.54) is 23.3 Å². The van der Waals surface area contributed by atoms with Crippen molar-refractivity contribution in [2.45, 2.75) is 32.2 Å². The van der Waals surface area contributed by atoms with Crippen LogP contribution in [0.25, 0.3) is 10.2 Å². The van der Waals surface area contributed by atoms with Gasteiger partial charge in [0.05, 0.1) is 18.1 Å². The molecule has 0 fully saturated rings. The van der Waals surface area contributed by atoms with E-state index in [9.17, 15) is 14.4 Å². The molecule has 2 aromatic heterocycles. The summed E-state index contributed by atoms with van der Waals surface area (Å²) in [5.41, 5.74) is 1.68. The lowest BCUT2D eigenvalue weighted by Crippen LogP contribution is -2.30. The number of carbonyl (C=O) groups excluding carboxylic acids is 2. The maximum atomic E-state index is 12.8. The molecular formula is C19H18N4O4S. The Morgan fingerprint density at radius 1 is 1.21 bits per heavy atom. The van der Waals surface area contributed by atoms with Crippen molar-refractivity contribution in [2.24, 2.45) is 0 Å². The van der Waals surface area contributed by atoms with Gasteiger partial charge in [-0.25, -0.2) is 9.48 Å². The molecule has 9 heteroatoms. The summed E-state index contributed by atoms with van der Waals surface area (Å²) in [6.45, 7) is -0.231. The van der Waals surface area contributed by atoms with Crippen molar-refractivity contribution < 1.29 is 14.3 Å². The number of hydrogen-bond donors (Lipinski definition) is 1. The number of hydrogen-bond acceptors (Lipinski definition) is 7. The summed E-state index contributed by atoms with van der Waals surface area (Å²) in [6, 6.07) is 6.29. The van der Waals surface area contributed by atoms with Gasteiger partial charge in [0.25, 0.3) is 5.56 Å². The van der Waals surface area contributed by atoms with Gasteiger partial charge >= 0.3 is 5.97 Å². The lowest BCUT2D eigenvalue weighted by atomic mass is 9.97. The Hall–Kier alpha value is -3.07. The molecule has 144 valence electrons. The fraction of sp³-hybridized carbons (Fsp3) is 0.316. The first kappa shape index (κ1) is 18.3. The molecule has 1 aromatic carbocycles. The van der Waals surface area contributed by atoms with Gasteiger partial charge in [-0.1, -0.05) is 5.21 Å². The van der Waals surface area contributed by atoms with E-state index in [2.05, 4.69) is 20.4 Å². The highest BCUT2D eigenvalue weighted by Crippen LogP contribution is 2.33. The minimum Gasteiger partial charge on any atom is -0.465 e. The molecule has 3 aromatic rings. The molecule has 0 spiro atoms. The minimum atomic E-state index is -0.452. The Balaban J connectivity index is 1.53. The van der Waals surface area contributed by atoms with Crippen LogP contribution in [0.2, 0.25) is 0 Å². The fourth-order valence-electron chi connectivity index (χ4n) is 3.35. The molecular weight excluding hydrogens is 380 g/mol. The maximum absolute atomic E-state index is 12.8. The number of carbonyl (C=O) groups is 2. The molecule has 0 unspecified atom stereocenters. The molecule has 2 heterocycles. The number of benzene rings is 1. The normalized spacial score (nSPS) is 13.2. The minimum absolute atomic E-state index is 0.231. The standard InChI is InChI=1S/C19H18N4O4S/c1-27-19(26)11-6-8-12(9-7-11)20-15(24)10-23-18(25)16-13-4-2-3-5-14(13)28-17(16)21-22-23/h6-9H,2-5,10H2,1H3,(H,20,24). The molecule has 1 aliphatic carbocycles. The molecule has 1 amide bonds. The van der Waals surface area contributed by atoms with Crippen LogP contribution in [0, 0.1) is 0 Å². The number of amides is 1. The maximum Gasteiger partial charge on any atom is 0.337 e.